The Morgan fingerprint density at radius 1 is 1.10 bits per heavy atom. The molecule has 0 saturated carbocycles. The van der Waals surface area contributed by atoms with Gasteiger partial charge in [0.05, 0.1) is 12.6 Å². The summed E-state index contributed by atoms with van der Waals surface area (Å²) < 4.78 is 0. The number of nitrogens with zero attached hydrogens (tertiary/aromatic N) is 5. The van der Waals surface area contributed by atoms with Gasteiger partial charge < -0.3 is 16.0 Å². The van der Waals surface area contributed by atoms with Crippen LogP contribution in [0.25, 0.3) is 0 Å². The van der Waals surface area contributed by atoms with Gasteiger partial charge in [-0.1, -0.05) is 31.5 Å². The molecule has 3 N–H and O–H groups in total. The number of amides is 1. The van der Waals surface area contributed by atoms with Gasteiger partial charge in [-0.25, -0.2) is 0 Å². The highest BCUT2D eigenvalue weighted by Gasteiger charge is 2.33. The maximum atomic E-state index is 13.0. The average molecular weight is 410 g/mol. The molecule has 1 atom stereocenters. The number of nitrogens with two attached hydrogens (primary N) is 1. The first-order valence-electron chi connectivity index (χ1n) is 11.0. The van der Waals surface area contributed by atoms with Crippen LogP contribution in [-0.2, 0) is 17.8 Å². The molecule has 0 aliphatic carbocycles. The first kappa shape index (κ1) is 20.5. The summed E-state index contributed by atoms with van der Waals surface area (Å²) in [4.78, 5) is 30.5. The van der Waals surface area contributed by atoms with Gasteiger partial charge in [-0.05, 0) is 50.3 Å². The number of hydrogen-bond acceptors (Lipinski definition) is 7. The van der Waals surface area contributed by atoms with Crippen LogP contribution in [0.2, 0.25) is 0 Å². The first-order valence-corrected chi connectivity index (χ1v) is 11.0. The lowest BCUT2D eigenvalue weighted by atomic mass is 10.0. The minimum Gasteiger partial charge on any atom is -0.368 e. The number of carbonyl (C=O) groups is 1. The Labute approximate surface area is 177 Å². The van der Waals surface area contributed by atoms with Gasteiger partial charge in [-0.2, -0.15) is 15.0 Å². The number of benzene rings is 1. The van der Waals surface area contributed by atoms with E-state index in [4.69, 9.17) is 5.73 Å². The van der Waals surface area contributed by atoms with Crippen molar-refractivity contribution in [2.45, 2.75) is 58.0 Å². The SMILES string of the molecule is CCc1ccccc1Nc1nc(N)nc(CN2CCCCC2C(=O)N2CCCC2)n1. The van der Waals surface area contributed by atoms with E-state index in [2.05, 4.69) is 38.2 Å². The van der Waals surface area contributed by atoms with Crippen molar-refractivity contribution >= 4 is 23.5 Å². The summed E-state index contributed by atoms with van der Waals surface area (Å²) in [6.45, 7) is 5.25. The molecular weight excluding hydrogens is 378 g/mol. The topological polar surface area (TPSA) is 100 Å². The lowest BCUT2D eigenvalue weighted by molar-refractivity contribution is -0.137. The number of likely N-dealkylation sites (tertiary alicyclic amines) is 2. The summed E-state index contributed by atoms with van der Waals surface area (Å²) in [5.74, 6) is 1.48. The Hall–Kier alpha value is -2.74. The van der Waals surface area contributed by atoms with Gasteiger partial charge in [0.1, 0.15) is 5.82 Å². The van der Waals surface area contributed by atoms with Crippen molar-refractivity contribution in [1.82, 2.24) is 24.8 Å². The Balaban J connectivity index is 1.51. The molecule has 4 rings (SSSR count). The van der Waals surface area contributed by atoms with Crippen LogP contribution in [0.4, 0.5) is 17.6 Å². The molecule has 3 heterocycles. The van der Waals surface area contributed by atoms with Crippen molar-refractivity contribution in [3.8, 4) is 0 Å². The highest BCUT2D eigenvalue weighted by molar-refractivity contribution is 5.82. The van der Waals surface area contributed by atoms with Crippen molar-refractivity contribution in [3.63, 3.8) is 0 Å². The Morgan fingerprint density at radius 2 is 1.87 bits per heavy atom. The van der Waals surface area contributed by atoms with Crippen molar-refractivity contribution < 1.29 is 4.79 Å². The van der Waals surface area contributed by atoms with Crippen molar-refractivity contribution in [1.29, 1.82) is 0 Å². The number of hydrogen-bond donors (Lipinski definition) is 2. The molecule has 1 aromatic heterocycles. The predicted octanol–water partition coefficient (Wildman–Crippen LogP) is 2.74. The molecule has 2 aliphatic rings. The summed E-state index contributed by atoms with van der Waals surface area (Å²) in [6.07, 6.45) is 6.18. The van der Waals surface area contributed by atoms with E-state index in [1.165, 1.54) is 5.56 Å². The molecule has 1 aromatic carbocycles. The summed E-state index contributed by atoms with van der Waals surface area (Å²) in [5.41, 5.74) is 8.14. The van der Waals surface area contributed by atoms with Crippen LogP contribution in [0.1, 0.15) is 50.4 Å². The Morgan fingerprint density at radius 3 is 2.67 bits per heavy atom. The van der Waals surface area contributed by atoms with Gasteiger partial charge in [-0.15, -0.1) is 0 Å². The van der Waals surface area contributed by atoms with Gasteiger partial charge in [0, 0.05) is 18.8 Å². The number of carbonyl (C=O) groups excluding carboxylic acids is 1. The van der Waals surface area contributed by atoms with Crippen LogP contribution < -0.4 is 11.1 Å². The van der Waals surface area contributed by atoms with E-state index in [0.29, 0.717) is 18.3 Å². The van der Waals surface area contributed by atoms with E-state index < -0.39 is 0 Å². The van der Waals surface area contributed by atoms with Crippen molar-refractivity contribution in [2.75, 3.05) is 30.7 Å². The molecule has 0 bridgehead atoms. The fourth-order valence-electron chi connectivity index (χ4n) is 4.43. The van der Waals surface area contributed by atoms with E-state index in [1.807, 2.05) is 23.1 Å². The minimum absolute atomic E-state index is 0.0907. The number of anilines is 3. The number of nitrogens with one attached hydrogen (secondary N) is 1. The Bertz CT molecular complexity index is 882. The third-order valence-corrected chi connectivity index (χ3v) is 6.00. The zero-order valence-corrected chi connectivity index (χ0v) is 17.7. The second kappa shape index (κ2) is 9.38. The van der Waals surface area contributed by atoms with Crippen LogP contribution >= 0.6 is 0 Å². The van der Waals surface area contributed by atoms with Gasteiger partial charge in [0.25, 0.3) is 0 Å². The van der Waals surface area contributed by atoms with Crippen molar-refractivity contribution in [2.24, 2.45) is 0 Å². The third-order valence-electron chi connectivity index (χ3n) is 6.00. The lowest BCUT2D eigenvalue weighted by Crippen LogP contribution is -2.50. The van der Waals surface area contributed by atoms with E-state index in [0.717, 1.165) is 63.8 Å². The third kappa shape index (κ3) is 4.70. The molecule has 8 heteroatoms. The number of para-hydroxylation sites is 1. The molecule has 160 valence electrons. The van der Waals surface area contributed by atoms with Crippen LogP contribution in [0.3, 0.4) is 0 Å². The number of aromatic nitrogens is 3. The molecular formula is C22H31N7O. The molecule has 1 amide bonds. The van der Waals surface area contributed by atoms with Gasteiger partial charge in [0.2, 0.25) is 17.8 Å². The minimum atomic E-state index is -0.0907. The molecule has 2 fully saturated rings. The fourth-order valence-corrected chi connectivity index (χ4v) is 4.43. The quantitative estimate of drug-likeness (QED) is 0.756. The molecule has 0 radical (unpaired) electrons. The fraction of sp³-hybridized carbons (Fsp3) is 0.545. The summed E-state index contributed by atoms with van der Waals surface area (Å²) >= 11 is 0. The van der Waals surface area contributed by atoms with E-state index >= 15 is 0 Å². The standard InChI is InChI=1S/C22H31N7O/c1-2-16-9-3-4-10-17(16)24-22-26-19(25-21(23)27-22)15-29-14-6-5-11-18(29)20(30)28-12-7-8-13-28/h3-4,9-10,18H,2,5-8,11-15H2,1H3,(H3,23,24,25,26,27). The van der Waals surface area contributed by atoms with Crippen LogP contribution in [-0.4, -0.2) is 56.3 Å². The average Bonchev–Trinajstić information content (AvgIpc) is 3.29. The summed E-state index contributed by atoms with van der Waals surface area (Å²) in [6, 6.07) is 8.00. The van der Waals surface area contributed by atoms with E-state index in [-0.39, 0.29) is 17.9 Å². The summed E-state index contributed by atoms with van der Waals surface area (Å²) in [7, 11) is 0. The molecule has 2 aromatic rings. The number of aryl methyl sites for hydroxylation is 1. The molecule has 2 aliphatic heterocycles. The molecule has 0 spiro atoms. The van der Waals surface area contributed by atoms with Crippen LogP contribution in [0.5, 0.6) is 0 Å². The maximum Gasteiger partial charge on any atom is 0.239 e. The van der Waals surface area contributed by atoms with E-state index in [1.54, 1.807) is 0 Å². The van der Waals surface area contributed by atoms with Gasteiger partial charge in [0.15, 0.2) is 0 Å². The highest BCUT2D eigenvalue weighted by atomic mass is 16.2. The largest absolute Gasteiger partial charge is 0.368 e. The monoisotopic (exact) mass is 409 g/mol. The predicted molar refractivity (Wildman–Crippen MR) is 117 cm³/mol. The lowest BCUT2D eigenvalue weighted by Gasteiger charge is -2.36. The van der Waals surface area contributed by atoms with E-state index in [9.17, 15) is 4.79 Å². The number of piperidine rings is 1. The van der Waals surface area contributed by atoms with Crippen LogP contribution in [0.15, 0.2) is 24.3 Å². The second-order valence-electron chi connectivity index (χ2n) is 8.08. The second-order valence-corrected chi connectivity index (χ2v) is 8.08. The van der Waals surface area contributed by atoms with Gasteiger partial charge >= 0.3 is 0 Å². The zero-order chi connectivity index (χ0) is 20.9. The molecule has 8 nitrogen and oxygen atoms in total. The summed E-state index contributed by atoms with van der Waals surface area (Å²) in [5, 5.41) is 3.28. The first-order chi connectivity index (χ1) is 14.6. The number of rotatable bonds is 6. The maximum absolute atomic E-state index is 13.0. The van der Waals surface area contributed by atoms with Gasteiger partial charge in [-0.3, -0.25) is 9.69 Å². The smallest absolute Gasteiger partial charge is 0.239 e. The molecule has 2 saturated heterocycles. The Kier molecular flexibility index (Phi) is 6.42. The molecule has 1 unspecified atom stereocenters. The molecule has 30 heavy (non-hydrogen) atoms. The van der Waals surface area contributed by atoms with Crippen LogP contribution in [0, 0.1) is 0 Å². The zero-order valence-electron chi connectivity index (χ0n) is 17.7. The van der Waals surface area contributed by atoms with Crippen molar-refractivity contribution in [3.05, 3.63) is 35.7 Å². The highest BCUT2D eigenvalue weighted by Crippen LogP contribution is 2.24. The number of nitrogen functional groups attached to an aromatic ring is 1. The normalized spacial score (nSPS) is 19.8.